The molecule has 0 atom stereocenters. The molecule has 0 aromatic heterocycles. The van der Waals surface area contributed by atoms with Crippen LogP contribution in [0.5, 0.6) is 5.75 Å². The van der Waals surface area contributed by atoms with Gasteiger partial charge in [-0.25, -0.2) is 4.79 Å². The Balaban J connectivity index is 3.02. The monoisotopic (exact) mass is 278 g/mol. The van der Waals surface area contributed by atoms with Gasteiger partial charge in [0, 0.05) is 5.57 Å². The van der Waals surface area contributed by atoms with Crippen molar-refractivity contribution in [3.05, 3.63) is 35.4 Å². The van der Waals surface area contributed by atoms with Crippen LogP contribution in [0.3, 0.4) is 0 Å². The quantitative estimate of drug-likeness (QED) is 0.589. The first-order valence-electron chi connectivity index (χ1n) is 6.19. The lowest BCUT2D eigenvalue weighted by Crippen LogP contribution is -2.10. The van der Waals surface area contributed by atoms with Gasteiger partial charge in [0.2, 0.25) is 0 Å². The molecule has 0 radical (unpaired) electrons. The second-order valence-electron chi connectivity index (χ2n) is 3.92. The minimum Gasteiger partial charge on any atom is -0.494 e. The molecule has 0 saturated carbocycles. The van der Waals surface area contributed by atoms with Crippen LogP contribution >= 0.6 is 0 Å². The Kier molecular flexibility index (Phi) is 6.29. The Morgan fingerprint density at radius 2 is 1.95 bits per heavy atom. The number of benzene rings is 1. The van der Waals surface area contributed by atoms with E-state index < -0.39 is 11.9 Å². The molecule has 0 unspecified atom stereocenters. The predicted molar refractivity (Wildman–Crippen MR) is 74.2 cm³/mol. The molecule has 20 heavy (non-hydrogen) atoms. The van der Waals surface area contributed by atoms with Crippen molar-refractivity contribution in [2.45, 2.75) is 13.3 Å². The number of carbonyl (C=O) groups excluding carboxylic acids is 2. The summed E-state index contributed by atoms with van der Waals surface area (Å²) in [4.78, 5) is 23.0. The van der Waals surface area contributed by atoms with E-state index in [-0.39, 0.29) is 12.0 Å². The normalized spacial score (nSPS) is 10.8. The van der Waals surface area contributed by atoms with Gasteiger partial charge in [-0.3, -0.25) is 4.79 Å². The smallest absolute Gasteiger partial charge is 0.334 e. The van der Waals surface area contributed by atoms with Crippen molar-refractivity contribution < 1.29 is 23.8 Å². The van der Waals surface area contributed by atoms with Crippen molar-refractivity contribution >= 4 is 18.0 Å². The fraction of sp³-hybridized carbons (Fsp3) is 0.333. The summed E-state index contributed by atoms with van der Waals surface area (Å²) in [6.07, 6.45) is 1.45. The van der Waals surface area contributed by atoms with Gasteiger partial charge in [0.1, 0.15) is 5.75 Å². The highest BCUT2D eigenvalue weighted by atomic mass is 16.5. The molecule has 0 spiro atoms. The van der Waals surface area contributed by atoms with Gasteiger partial charge in [-0.05, 0) is 30.7 Å². The van der Waals surface area contributed by atoms with Crippen LogP contribution in [0.4, 0.5) is 0 Å². The summed E-state index contributed by atoms with van der Waals surface area (Å²) in [5, 5.41) is 0. The number of hydrogen-bond donors (Lipinski definition) is 0. The zero-order chi connectivity index (χ0) is 15.0. The molecule has 1 aromatic rings. The van der Waals surface area contributed by atoms with Gasteiger partial charge in [0.15, 0.2) is 0 Å². The van der Waals surface area contributed by atoms with Gasteiger partial charge >= 0.3 is 11.9 Å². The van der Waals surface area contributed by atoms with E-state index in [4.69, 9.17) is 4.74 Å². The summed E-state index contributed by atoms with van der Waals surface area (Å²) < 4.78 is 14.6. The lowest BCUT2D eigenvalue weighted by atomic mass is 10.1. The molecule has 0 N–H and O–H groups in total. The van der Waals surface area contributed by atoms with E-state index in [1.165, 1.54) is 14.2 Å². The van der Waals surface area contributed by atoms with Gasteiger partial charge in [0.05, 0.1) is 27.2 Å². The molecular weight excluding hydrogens is 260 g/mol. The van der Waals surface area contributed by atoms with Crippen molar-refractivity contribution in [1.29, 1.82) is 0 Å². The Morgan fingerprint density at radius 3 is 2.55 bits per heavy atom. The van der Waals surface area contributed by atoms with Crippen molar-refractivity contribution in [2.24, 2.45) is 0 Å². The van der Waals surface area contributed by atoms with Crippen LogP contribution in [0.25, 0.3) is 6.08 Å². The molecule has 0 aliphatic rings. The fourth-order valence-corrected chi connectivity index (χ4v) is 1.60. The van der Waals surface area contributed by atoms with Gasteiger partial charge in [-0.2, -0.15) is 0 Å². The van der Waals surface area contributed by atoms with Crippen LogP contribution in [0.15, 0.2) is 29.8 Å². The van der Waals surface area contributed by atoms with Crippen LogP contribution in [0, 0.1) is 0 Å². The van der Waals surface area contributed by atoms with Gasteiger partial charge in [-0.15, -0.1) is 0 Å². The predicted octanol–water partition coefficient (Wildman–Crippen LogP) is 2.20. The van der Waals surface area contributed by atoms with Gasteiger partial charge in [0.25, 0.3) is 0 Å². The number of ether oxygens (including phenoxy) is 3. The summed E-state index contributed by atoms with van der Waals surface area (Å²) >= 11 is 0. The second kappa shape index (κ2) is 7.99. The molecule has 0 aliphatic carbocycles. The number of methoxy groups -OCH3 is 2. The average Bonchev–Trinajstić information content (AvgIpc) is 2.46. The summed E-state index contributed by atoms with van der Waals surface area (Å²) in [7, 11) is 2.54. The van der Waals surface area contributed by atoms with Crippen molar-refractivity contribution in [1.82, 2.24) is 0 Å². The maximum absolute atomic E-state index is 11.6. The molecule has 108 valence electrons. The third-order valence-electron chi connectivity index (χ3n) is 2.52. The summed E-state index contributed by atoms with van der Waals surface area (Å²) in [5.74, 6) is -0.358. The number of rotatable bonds is 6. The van der Waals surface area contributed by atoms with Crippen LogP contribution in [-0.2, 0) is 19.1 Å². The van der Waals surface area contributed by atoms with E-state index in [9.17, 15) is 9.59 Å². The lowest BCUT2D eigenvalue weighted by molar-refractivity contribution is -0.143. The van der Waals surface area contributed by atoms with Crippen LogP contribution in [0.1, 0.15) is 18.9 Å². The third-order valence-corrected chi connectivity index (χ3v) is 2.52. The number of carbonyl (C=O) groups is 2. The molecule has 0 aliphatic heterocycles. The van der Waals surface area contributed by atoms with Crippen LogP contribution in [0.2, 0.25) is 0 Å². The maximum Gasteiger partial charge on any atom is 0.334 e. The van der Waals surface area contributed by atoms with E-state index in [0.717, 1.165) is 5.56 Å². The summed E-state index contributed by atoms with van der Waals surface area (Å²) in [5.41, 5.74) is 0.980. The minimum atomic E-state index is -0.558. The summed E-state index contributed by atoms with van der Waals surface area (Å²) in [6, 6.07) is 7.22. The minimum absolute atomic E-state index is 0.137. The van der Waals surface area contributed by atoms with E-state index in [1.807, 2.05) is 25.1 Å². The molecule has 1 rings (SSSR count). The third kappa shape index (κ3) is 4.76. The second-order valence-corrected chi connectivity index (χ2v) is 3.92. The first kappa shape index (κ1) is 15.8. The fourth-order valence-electron chi connectivity index (χ4n) is 1.60. The van der Waals surface area contributed by atoms with E-state index >= 15 is 0 Å². The first-order chi connectivity index (χ1) is 9.60. The molecule has 0 saturated heterocycles. The SMILES string of the molecule is CCOc1cccc(C=C(CC(=O)OC)C(=O)OC)c1. The molecule has 1 aromatic carbocycles. The van der Waals surface area contributed by atoms with E-state index in [1.54, 1.807) is 12.1 Å². The highest BCUT2D eigenvalue weighted by molar-refractivity contribution is 5.98. The Labute approximate surface area is 118 Å². The highest BCUT2D eigenvalue weighted by Gasteiger charge is 2.15. The Bertz CT molecular complexity index is 505. The Hall–Kier alpha value is -2.30. The molecule has 0 amide bonds. The number of esters is 2. The lowest BCUT2D eigenvalue weighted by Gasteiger charge is -2.06. The van der Waals surface area contributed by atoms with Crippen LogP contribution < -0.4 is 4.74 Å². The van der Waals surface area contributed by atoms with Gasteiger partial charge < -0.3 is 14.2 Å². The Morgan fingerprint density at radius 1 is 1.20 bits per heavy atom. The average molecular weight is 278 g/mol. The molecule has 5 nitrogen and oxygen atoms in total. The zero-order valence-corrected chi connectivity index (χ0v) is 11.8. The van der Waals surface area contributed by atoms with Crippen LogP contribution in [-0.4, -0.2) is 32.8 Å². The topological polar surface area (TPSA) is 61.8 Å². The summed E-state index contributed by atoms with van der Waals surface area (Å²) in [6.45, 7) is 2.44. The largest absolute Gasteiger partial charge is 0.494 e. The van der Waals surface area contributed by atoms with Crippen molar-refractivity contribution in [3.63, 3.8) is 0 Å². The van der Waals surface area contributed by atoms with E-state index in [2.05, 4.69) is 9.47 Å². The molecule has 5 heteroatoms. The maximum atomic E-state index is 11.6. The first-order valence-corrected chi connectivity index (χ1v) is 6.19. The van der Waals surface area contributed by atoms with Crippen molar-refractivity contribution in [2.75, 3.05) is 20.8 Å². The molecule has 0 bridgehead atoms. The van der Waals surface area contributed by atoms with Crippen molar-refractivity contribution in [3.8, 4) is 5.75 Å². The molecule has 0 heterocycles. The zero-order valence-electron chi connectivity index (χ0n) is 11.8. The molecule has 0 fully saturated rings. The standard InChI is InChI=1S/C15H18O5/c1-4-20-13-7-5-6-11(9-13)8-12(15(17)19-3)10-14(16)18-2/h5-9H,4,10H2,1-3H3. The van der Waals surface area contributed by atoms with Gasteiger partial charge in [-0.1, -0.05) is 12.1 Å². The molecular formula is C15H18O5. The number of hydrogen-bond acceptors (Lipinski definition) is 5. The highest BCUT2D eigenvalue weighted by Crippen LogP contribution is 2.18. The van der Waals surface area contributed by atoms with E-state index in [0.29, 0.717) is 12.4 Å².